The monoisotopic (exact) mass is 246 g/mol. The predicted molar refractivity (Wildman–Crippen MR) is 57.0 cm³/mol. The maximum absolute atomic E-state index is 11.7. The highest BCUT2D eigenvalue weighted by Crippen LogP contribution is 2.52. The second-order valence-corrected chi connectivity index (χ2v) is 5.25. The number of hydrogen-bond donors (Lipinski definition) is 1. The smallest absolute Gasteiger partial charge is 0.362 e. The molecule has 0 aromatic rings. The van der Waals surface area contributed by atoms with Crippen molar-refractivity contribution in [2.75, 3.05) is 7.05 Å². The van der Waals surface area contributed by atoms with Crippen molar-refractivity contribution in [2.24, 2.45) is 5.92 Å². The van der Waals surface area contributed by atoms with Gasteiger partial charge in [-0.3, -0.25) is 4.79 Å². The first kappa shape index (κ1) is 11.9. The number of nitrogens with zero attached hydrogens (tertiary/aromatic N) is 1. The Bertz CT molecular complexity index is 356. The molecule has 2 fully saturated rings. The Morgan fingerprint density at radius 3 is 2.44 bits per heavy atom. The van der Waals surface area contributed by atoms with E-state index < -0.39 is 22.8 Å². The summed E-state index contributed by atoms with van der Waals surface area (Å²) in [5.74, 6) is -2.23. The van der Waals surface area contributed by atoms with Crippen LogP contribution in [0.3, 0.4) is 0 Å². The van der Waals surface area contributed by atoms with Gasteiger partial charge in [0.25, 0.3) is 0 Å². The lowest BCUT2D eigenvalue weighted by atomic mass is 9.71. The molecule has 7 heteroatoms. The zero-order valence-electron chi connectivity index (χ0n) is 8.80. The van der Waals surface area contributed by atoms with Gasteiger partial charge in [-0.1, -0.05) is 6.42 Å². The Balaban J connectivity index is 2.47. The number of hydrogen-bond acceptors (Lipinski definition) is 6. The minimum Gasteiger partial charge on any atom is -0.783 e. The van der Waals surface area contributed by atoms with Gasteiger partial charge in [-0.15, -0.1) is 9.24 Å². The summed E-state index contributed by atoms with van der Waals surface area (Å²) in [5, 5.41) is 20.1. The zero-order chi connectivity index (χ0) is 12.1. The standard InChI is InChI=1S/C9H13NO5P/c1-10(14)9(13)7(12)15-6(11)8(9,16)5-3-2-4-5/h5,13H,2-4,16H2,1H3/q-1. The summed E-state index contributed by atoms with van der Waals surface area (Å²) < 4.78 is 4.42. The summed E-state index contributed by atoms with van der Waals surface area (Å²) in [4.78, 5) is 23.1. The van der Waals surface area contributed by atoms with Gasteiger partial charge in [-0.25, -0.2) is 4.79 Å². The number of rotatable bonds is 2. The molecule has 0 radical (unpaired) electrons. The van der Waals surface area contributed by atoms with Crippen LogP contribution < -0.4 is 0 Å². The lowest BCUT2D eigenvalue weighted by molar-refractivity contribution is -0.170. The molecule has 90 valence electrons. The van der Waals surface area contributed by atoms with Crippen molar-refractivity contribution in [1.29, 1.82) is 0 Å². The van der Waals surface area contributed by atoms with Crippen molar-refractivity contribution in [3.05, 3.63) is 5.21 Å². The van der Waals surface area contributed by atoms with E-state index in [2.05, 4.69) is 14.0 Å². The highest BCUT2D eigenvalue weighted by Gasteiger charge is 2.69. The molecule has 0 spiro atoms. The fourth-order valence-corrected chi connectivity index (χ4v) is 2.95. The molecule has 0 bridgehead atoms. The number of likely N-dealkylation sites (N-methyl/N-ethyl adjacent to an activating group) is 1. The zero-order valence-corrected chi connectivity index (χ0v) is 9.96. The summed E-state index contributed by atoms with van der Waals surface area (Å²) in [6.07, 6.45) is 2.31. The topological polar surface area (TPSA) is 89.9 Å². The van der Waals surface area contributed by atoms with Gasteiger partial charge in [0.1, 0.15) is 5.16 Å². The summed E-state index contributed by atoms with van der Waals surface area (Å²) in [7, 11) is 3.17. The molecule has 1 heterocycles. The molecule has 3 unspecified atom stereocenters. The predicted octanol–water partition coefficient (Wildman–Crippen LogP) is -0.398. The number of hydroxylamine groups is 2. The van der Waals surface area contributed by atoms with E-state index in [1.807, 2.05) is 0 Å². The molecule has 3 atom stereocenters. The van der Waals surface area contributed by atoms with E-state index in [0.717, 1.165) is 13.5 Å². The van der Waals surface area contributed by atoms with Crippen molar-refractivity contribution >= 4 is 21.2 Å². The number of carbonyl (C=O) groups excluding carboxylic acids is 2. The van der Waals surface area contributed by atoms with Crippen LogP contribution in [-0.2, 0) is 14.3 Å². The Morgan fingerprint density at radius 2 is 2.06 bits per heavy atom. The number of carbonyl (C=O) groups is 2. The first-order valence-corrected chi connectivity index (χ1v) is 5.61. The number of esters is 2. The van der Waals surface area contributed by atoms with E-state index in [9.17, 15) is 19.9 Å². The first-order chi connectivity index (χ1) is 7.35. The van der Waals surface area contributed by atoms with Crippen molar-refractivity contribution in [3.8, 4) is 0 Å². The molecule has 16 heavy (non-hydrogen) atoms. The van der Waals surface area contributed by atoms with Crippen LogP contribution in [0.15, 0.2) is 0 Å². The maximum atomic E-state index is 11.7. The molecule has 0 aromatic heterocycles. The van der Waals surface area contributed by atoms with Crippen molar-refractivity contribution in [2.45, 2.75) is 30.1 Å². The highest BCUT2D eigenvalue weighted by atomic mass is 31.0. The largest absolute Gasteiger partial charge is 0.783 e. The molecule has 0 aromatic carbocycles. The van der Waals surface area contributed by atoms with Gasteiger partial charge < -0.3 is 20.1 Å². The number of ether oxygens (including phenoxy) is 1. The Kier molecular flexibility index (Phi) is 2.58. The van der Waals surface area contributed by atoms with Crippen LogP contribution in [-0.4, -0.2) is 40.0 Å². The molecule has 1 saturated heterocycles. The van der Waals surface area contributed by atoms with E-state index in [1.54, 1.807) is 0 Å². The normalized spacial score (nSPS) is 40.1. The van der Waals surface area contributed by atoms with Crippen molar-refractivity contribution < 1.29 is 19.4 Å². The molecule has 1 aliphatic heterocycles. The van der Waals surface area contributed by atoms with Gasteiger partial charge in [-0.2, -0.15) is 0 Å². The van der Waals surface area contributed by atoms with Gasteiger partial charge in [-0.05, 0) is 25.8 Å². The van der Waals surface area contributed by atoms with Crippen LogP contribution >= 0.6 is 9.24 Å². The fraction of sp³-hybridized carbons (Fsp3) is 0.778. The SMILES string of the molecule is CN([O-])C1(O)C(=O)OC(=O)C1(P)C1CCC1. The van der Waals surface area contributed by atoms with E-state index in [0.29, 0.717) is 12.8 Å². The third-order valence-corrected chi connectivity index (χ3v) is 4.70. The minimum absolute atomic E-state index is 0.103. The summed E-state index contributed by atoms with van der Waals surface area (Å²) >= 11 is 0. The van der Waals surface area contributed by atoms with Gasteiger partial charge in [0.2, 0.25) is 5.72 Å². The van der Waals surface area contributed by atoms with Crippen LogP contribution in [0.25, 0.3) is 0 Å². The van der Waals surface area contributed by atoms with Gasteiger partial charge in [0.05, 0.1) is 0 Å². The van der Waals surface area contributed by atoms with Crippen LogP contribution in [0.2, 0.25) is 0 Å². The van der Waals surface area contributed by atoms with Crippen LogP contribution in [0.1, 0.15) is 19.3 Å². The second-order valence-electron chi connectivity index (χ2n) is 4.34. The van der Waals surface area contributed by atoms with Crippen molar-refractivity contribution in [1.82, 2.24) is 5.06 Å². The van der Waals surface area contributed by atoms with E-state index in [4.69, 9.17) is 0 Å². The molecule has 1 aliphatic carbocycles. The fourth-order valence-electron chi connectivity index (χ4n) is 2.25. The van der Waals surface area contributed by atoms with Crippen LogP contribution in [0, 0.1) is 11.1 Å². The second kappa shape index (κ2) is 3.47. The molecule has 6 nitrogen and oxygen atoms in total. The maximum Gasteiger partial charge on any atom is 0.362 e. The lowest BCUT2D eigenvalue weighted by Crippen LogP contribution is -2.65. The average Bonchev–Trinajstić information content (AvgIpc) is 2.26. The number of aliphatic hydroxyl groups is 1. The molecule has 0 amide bonds. The lowest BCUT2D eigenvalue weighted by Gasteiger charge is -2.49. The van der Waals surface area contributed by atoms with Crippen LogP contribution in [0.5, 0.6) is 0 Å². The first-order valence-electron chi connectivity index (χ1n) is 5.04. The highest BCUT2D eigenvalue weighted by molar-refractivity contribution is 7.21. The molecule has 1 saturated carbocycles. The molecule has 2 rings (SSSR count). The molecular weight excluding hydrogens is 233 g/mol. The molecule has 1 N–H and O–H groups in total. The Labute approximate surface area is 94.7 Å². The summed E-state index contributed by atoms with van der Waals surface area (Å²) in [5.41, 5.74) is -2.42. The van der Waals surface area contributed by atoms with Crippen LogP contribution in [0.4, 0.5) is 0 Å². The minimum atomic E-state index is -2.42. The molecular formula is C9H13NO5P-. The third kappa shape index (κ3) is 1.16. The Morgan fingerprint density at radius 1 is 1.50 bits per heavy atom. The van der Waals surface area contributed by atoms with E-state index in [1.165, 1.54) is 0 Å². The van der Waals surface area contributed by atoms with Crippen molar-refractivity contribution in [3.63, 3.8) is 0 Å². The Hall–Kier alpha value is -0.550. The summed E-state index contributed by atoms with van der Waals surface area (Å²) in [6.45, 7) is 0. The third-order valence-electron chi connectivity index (χ3n) is 3.59. The molecule has 2 aliphatic rings. The number of cyclic esters (lactones) is 2. The summed E-state index contributed by atoms with van der Waals surface area (Å²) in [6, 6.07) is 0. The van der Waals surface area contributed by atoms with E-state index >= 15 is 0 Å². The average molecular weight is 246 g/mol. The van der Waals surface area contributed by atoms with Gasteiger partial charge >= 0.3 is 11.9 Å². The van der Waals surface area contributed by atoms with E-state index in [-0.39, 0.29) is 11.0 Å². The van der Waals surface area contributed by atoms with Gasteiger partial charge in [0, 0.05) is 0 Å². The van der Waals surface area contributed by atoms with Gasteiger partial charge in [0.15, 0.2) is 0 Å². The quantitative estimate of drug-likeness (QED) is 0.234.